The fourth-order valence-corrected chi connectivity index (χ4v) is 6.80. The van der Waals surface area contributed by atoms with E-state index < -0.39 is 101 Å². The summed E-state index contributed by atoms with van der Waals surface area (Å²) in [4.78, 5) is 95.5. The fraction of sp³-hybridized carbons (Fsp3) is 0.556. The molecule has 0 unspecified atom stereocenters. The zero-order valence-electron chi connectivity index (χ0n) is 29.8. The molecule has 1 saturated carbocycles. The van der Waals surface area contributed by atoms with Gasteiger partial charge in [-0.3, -0.25) is 33.8 Å². The van der Waals surface area contributed by atoms with E-state index >= 15 is 0 Å². The molecule has 50 heavy (non-hydrogen) atoms. The molecule has 1 fully saturated rings. The number of hydrogen-bond acceptors (Lipinski definition) is 14. The molecule has 3 rings (SSSR count). The normalized spacial score (nSPS) is 31.4. The quantitative estimate of drug-likeness (QED) is 0.227. The second-order valence-electron chi connectivity index (χ2n) is 13.5. The highest BCUT2D eigenvalue weighted by molar-refractivity contribution is 5.94. The summed E-state index contributed by atoms with van der Waals surface area (Å²) in [6, 6.07) is 3.07. The standard InChI is InChI=1S/C36H45NO13/c1-19-13-14-34(8,9)28(48-33(44)26-12-11-15-37-17-26)16-27(45-21(3)38)20(2)30(46-22(4)39)29-32(47-23(5)40)35(10,49-24(6)41)18-36(29,31(19)43)50-25(7)42/h11-15,17,19,27-30,32H,2,16,18H2,1,3-10H3/b14-13+/t19-,27-,28-,29+,30+,32-,35-,36-/m0/s1. The number of allylic oxidation sites excluding steroid dienone is 1. The summed E-state index contributed by atoms with van der Waals surface area (Å²) in [5, 5.41) is 0. The molecule has 2 aliphatic rings. The number of fused-ring (bicyclic) bond motifs is 1. The Morgan fingerprint density at radius 2 is 1.44 bits per heavy atom. The Morgan fingerprint density at radius 3 is 1.96 bits per heavy atom. The van der Waals surface area contributed by atoms with Crippen molar-refractivity contribution in [1.82, 2.24) is 4.98 Å². The number of carbonyl (C=O) groups excluding carboxylic acids is 7. The summed E-state index contributed by atoms with van der Waals surface area (Å²) >= 11 is 0. The zero-order valence-corrected chi connectivity index (χ0v) is 29.8. The van der Waals surface area contributed by atoms with E-state index in [0.717, 1.165) is 34.6 Å². The molecule has 0 bridgehead atoms. The lowest BCUT2D eigenvalue weighted by atomic mass is 9.72. The number of hydrogen-bond donors (Lipinski definition) is 0. The maximum atomic E-state index is 14.8. The van der Waals surface area contributed by atoms with E-state index in [4.69, 9.17) is 28.4 Å². The molecule has 0 N–H and O–H groups in total. The van der Waals surface area contributed by atoms with Crippen LogP contribution in [0.1, 0.15) is 85.5 Å². The third-order valence-corrected chi connectivity index (χ3v) is 8.83. The Morgan fingerprint density at radius 1 is 0.840 bits per heavy atom. The molecule has 14 heteroatoms. The minimum atomic E-state index is -2.25. The third kappa shape index (κ3) is 8.82. The molecule has 0 amide bonds. The Bertz CT molecular complexity index is 1570. The van der Waals surface area contributed by atoms with Crippen LogP contribution in [0.25, 0.3) is 0 Å². The van der Waals surface area contributed by atoms with Gasteiger partial charge < -0.3 is 28.4 Å². The summed E-state index contributed by atoms with van der Waals surface area (Å²) < 4.78 is 34.9. The van der Waals surface area contributed by atoms with Gasteiger partial charge in [0, 0.05) is 76.8 Å². The van der Waals surface area contributed by atoms with Gasteiger partial charge in [0.1, 0.15) is 18.3 Å². The van der Waals surface area contributed by atoms with E-state index in [9.17, 15) is 33.6 Å². The molecule has 2 aliphatic carbocycles. The average Bonchev–Trinajstić information content (AvgIpc) is 3.22. The maximum absolute atomic E-state index is 14.8. The van der Waals surface area contributed by atoms with Crippen LogP contribution in [0.15, 0.2) is 48.8 Å². The van der Waals surface area contributed by atoms with Crippen LogP contribution < -0.4 is 0 Å². The molecule has 1 aromatic heterocycles. The predicted octanol–water partition coefficient (Wildman–Crippen LogP) is 3.79. The van der Waals surface area contributed by atoms with Gasteiger partial charge in [-0.05, 0) is 19.1 Å². The molecule has 8 atom stereocenters. The first kappa shape index (κ1) is 39.6. The highest BCUT2D eigenvalue weighted by Gasteiger charge is 2.71. The number of carbonyl (C=O) groups is 7. The first-order valence-electron chi connectivity index (χ1n) is 16.1. The second-order valence-corrected chi connectivity index (χ2v) is 13.5. The molecule has 0 saturated heterocycles. The van der Waals surface area contributed by atoms with Crippen LogP contribution in [0.3, 0.4) is 0 Å². The van der Waals surface area contributed by atoms with E-state index in [1.54, 1.807) is 32.9 Å². The van der Waals surface area contributed by atoms with Crippen LogP contribution in [-0.2, 0) is 57.2 Å². The average molecular weight is 700 g/mol. The van der Waals surface area contributed by atoms with Gasteiger partial charge in [-0.2, -0.15) is 0 Å². The molecule has 0 spiro atoms. The third-order valence-electron chi connectivity index (χ3n) is 8.83. The molecule has 14 nitrogen and oxygen atoms in total. The van der Waals surface area contributed by atoms with Crippen molar-refractivity contribution in [2.45, 2.75) is 111 Å². The number of nitrogens with zero attached hydrogens (tertiary/aromatic N) is 1. The smallest absolute Gasteiger partial charge is 0.340 e. The van der Waals surface area contributed by atoms with Crippen LogP contribution in [0.5, 0.6) is 0 Å². The highest BCUT2D eigenvalue weighted by Crippen LogP contribution is 2.54. The number of Topliss-reactive ketones (excluding diaryl/α,β-unsaturated/α-hetero) is 1. The predicted molar refractivity (Wildman–Crippen MR) is 174 cm³/mol. The fourth-order valence-electron chi connectivity index (χ4n) is 6.80. The molecule has 1 heterocycles. The van der Waals surface area contributed by atoms with Gasteiger partial charge >= 0.3 is 35.8 Å². The van der Waals surface area contributed by atoms with E-state index in [1.165, 1.54) is 31.5 Å². The number of rotatable bonds is 7. The van der Waals surface area contributed by atoms with E-state index in [0.29, 0.717) is 0 Å². The van der Waals surface area contributed by atoms with Gasteiger partial charge in [-0.1, -0.05) is 39.5 Å². The minimum Gasteiger partial charge on any atom is -0.458 e. The van der Waals surface area contributed by atoms with Crippen molar-refractivity contribution in [2.75, 3.05) is 0 Å². The van der Waals surface area contributed by atoms with Gasteiger partial charge in [-0.25, -0.2) is 4.79 Å². The number of pyridine rings is 1. The SMILES string of the molecule is C=C1[C@@H](OC(C)=O)C[C@H](OC(=O)c2cccnc2)C(C)(C)/C=C/[C@H](C)C(=O)[C@]2(OC(C)=O)C[C@](C)(OC(C)=O)[C@@H](OC(C)=O)[C@H]2[C@@H]1OC(C)=O. The van der Waals surface area contributed by atoms with Crippen molar-refractivity contribution in [2.24, 2.45) is 17.3 Å². The first-order chi connectivity index (χ1) is 23.1. The lowest BCUT2D eigenvalue weighted by molar-refractivity contribution is -0.190. The monoisotopic (exact) mass is 699 g/mol. The van der Waals surface area contributed by atoms with Crippen molar-refractivity contribution in [3.8, 4) is 0 Å². The Labute approximate surface area is 290 Å². The lowest BCUT2D eigenvalue weighted by Gasteiger charge is -2.42. The van der Waals surface area contributed by atoms with Crippen molar-refractivity contribution < 1.29 is 62.0 Å². The molecule has 1 aromatic rings. The van der Waals surface area contributed by atoms with Gasteiger partial charge in [0.05, 0.1) is 11.5 Å². The summed E-state index contributed by atoms with van der Waals surface area (Å²) in [5.41, 5.74) is -5.08. The van der Waals surface area contributed by atoms with Crippen LogP contribution in [-0.4, -0.2) is 82.2 Å². The van der Waals surface area contributed by atoms with Gasteiger partial charge in [0.25, 0.3) is 0 Å². The Balaban J connectivity index is 2.41. The van der Waals surface area contributed by atoms with E-state index in [-0.39, 0.29) is 17.6 Å². The number of esters is 6. The number of aromatic nitrogens is 1. The van der Waals surface area contributed by atoms with Crippen molar-refractivity contribution in [1.29, 1.82) is 0 Å². The summed E-state index contributed by atoms with van der Waals surface area (Å²) in [6.07, 6.45) is -0.387. The molecule has 0 aromatic carbocycles. The zero-order chi connectivity index (χ0) is 37.8. The molecular formula is C36H45NO13. The summed E-state index contributed by atoms with van der Waals surface area (Å²) in [5.74, 6) is -8.29. The Kier molecular flexibility index (Phi) is 12.1. The van der Waals surface area contributed by atoms with Crippen molar-refractivity contribution >= 4 is 41.6 Å². The van der Waals surface area contributed by atoms with Crippen LogP contribution in [0.2, 0.25) is 0 Å². The van der Waals surface area contributed by atoms with Crippen LogP contribution in [0, 0.1) is 17.3 Å². The molecule has 0 aliphatic heterocycles. The first-order valence-corrected chi connectivity index (χ1v) is 16.1. The molecular weight excluding hydrogens is 654 g/mol. The highest BCUT2D eigenvalue weighted by atomic mass is 16.6. The van der Waals surface area contributed by atoms with Crippen molar-refractivity contribution in [3.63, 3.8) is 0 Å². The van der Waals surface area contributed by atoms with Gasteiger partial charge in [0.15, 0.2) is 23.1 Å². The number of ketones is 1. The largest absolute Gasteiger partial charge is 0.458 e. The topological polar surface area (TPSA) is 188 Å². The van der Waals surface area contributed by atoms with Gasteiger partial charge in [-0.15, -0.1) is 0 Å². The van der Waals surface area contributed by atoms with Crippen LogP contribution in [0.4, 0.5) is 0 Å². The van der Waals surface area contributed by atoms with Crippen molar-refractivity contribution in [3.05, 3.63) is 54.4 Å². The summed E-state index contributed by atoms with van der Waals surface area (Å²) in [7, 11) is 0. The minimum absolute atomic E-state index is 0.121. The van der Waals surface area contributed by atoms with Gasteiger partial charge in [0.2, 0.25) is 0 Å². The van der Waals surface area contributed by atoms with E-state index in [2.05, 4.69) is 11.6 Å². The van der Waals surface area contributed by atoms with Crippen LogP contribution >= 0.6 is 0 Å². The van der Waals surface area contributed by atoms with E-state index in [1.807, 2.05) is 0 Å². The maximum Gasteiger partial charge on any atom is 0.340 e. The molecule has 0 radical (unpaired) electrons. The number of ether oxygens (including phenoxy) is 6. The molecule has 272 valence electrons. The summed E-state index contributed by atoms with van der Waals surface area (Å²) in [6.45, 7) is 16.0. The Hall–Kier alpha value is -4.88. The second kappa shape index (κ2) is 15.3. The lowest BCUT2D eigenvalue weighted by Crippen LogP contribution is -2.57.